The van der Waals surface area contributed by atoms with E-state index in [4.69, 9.17) is 21.0 Å². The number of rotatable bonds is 8. The minimum absolute atomic E-state index is 0.0447. The van der Waals surface area contributed by atoms with E-state index in [1.54, 1.807) is 24.3 Å². The Morgan fingerprint density at radius 3 is 2.51 bits per heavy atom. The van der Waals surface area contributed by atoms with E-state index < -0.39 is 5.76 Å². The van der Waals surface area contributed by atoms with E-state index in [-0.39, 0.29) is 17.8 Å². The molecule has 0 unspecified atom stereocenters. The molecule has 1 amide bonds. The summed E-state index contributed by atoms with van der Waals surface area (Å²) in [6, 6.07) is 28.2. The number of carbonyl (C=O) groups is 1. The summed E-state index contributed by atoms with van der Waals surface area (Å²) in [5.74, 6) is -0.285. The van der Waals surface area contributed by atoms with Gasteiger partial charge < -0.3 is 14.7 Å². The van der Waals surface area contributed by atoms with Crippen LogP contribution in [0.4, 0.5) is 0 Å². The highest BCUT2D eigenvalue weighted by Crippen LogP contribution is 2.41. The standard InChI is InChI=1S/C32H26ClN5O3/c1-2-9-25(19-10-4-3-5-11-19)36-30(39)20-16-17-21(23(18-20)31-37-38-32(40)41-31)28-22(12-8-13-24(28)33)29-34-26-14-6-7-15-27(26)35-29/h3-8,10-18,25H,2,9H2,1H3,(H,34,35)(H,36,39)(H,38,40)/t25-/m1/s1. The first-order valence-corrected chi connectivity index (χ1v) is 13.7. The van der Waals surface area contributed by atoms with Crippen molar-refractivity contribution >= 4 is 28.5 Å². The zero-order valence-corrected chi connectivity index (χ0v) is 22.9. The summed E-state index contributed by atoms with van der Waals surface area (Å²) in [6.07, 6.45) is 1.69. The lowest BCUT2D eigenvalue weighted by atomic mass is 9.93. The minimum Gasteiger partial charge on any atom is -0.388 e. The number of carbonyl (C=O) groups excluding carboxylic acids is 1. The highest BCUT2D eigenvalue weighted by Gasteiger charge is 2.23. The lowest BCUT2D eigenvalue weighted by molar-refractivity contribution is 0.0934. The van der Waals surface area contributed by atoms with Crippen molar-refractivity contribution in [2.45, 2.75) is 25.8 Å². The molecule has 0 fully saturated rings. The average Bonchev–Trinajstić information content (AvgIpc) is 3.63. The van der Waals surface area contributed by atoms with Crippen LogP contribution in [-0.2, 0) is 0 Å². The average molecular weight is 564 g/mol. The Balaban J connectivity index is 1.46. The molecule has 4 aromatic carbocycles. The fourth-order valence-electron chi connectivity index (χ4n) is 5.04. The largest absolute Gasteiger partial charge is 0.434 e. The van der Waals surface area contributed by atoms with Gasteiger partial charge in [-0.1, -0.05) is 85.6 Å². The molecule has 0 bridgehead atoms. The van der Waals surface area contributed by atoms with E-state index in [2.05, 4.69) is 27.4 Å². The van der Waals surface area contributed by atoms with Gasteiger partial charge >= 0.3 is 5.76 Å². The summed E-state index contributed by atoms with van der Waals surface area (Å²) in [4.78, 5) is 33.6. The maximum atomic E-state index is 13.5. The van der Waals surface area contributed by atoms with Crippen LogP contribution in [0, 0.1) is 0 Å². The number of imidazole rings is 1. The molecule has 41 heavy (non-hydrogen) atoms. The van der Waals surface area contributed by atoms with E-state index in [1.165, 1.54) is 0 Å². The lowest BCUT2D eigenvalue weighted by Crippen LogP contribution is -2.28. The molecule has 9 heteroatoms. The molecule has 0 saturated heterocycles. The van der Waals surface area contributed by atoms with E-state index in [0.717, 1.165) is 35.0 Å². The number of aromatic amines is 2. The molecule has 2 heterocycles. The Bertz CT molecular complexity index is 1870. The van der Waals surface area contributed by atoms with E-state index >= 15 is 0 Å². The van der Waals surface area contributed by atoms with Crippen molar-refractivity contribution in [2.24, 2.45) is 0 Å². The summed E-state index contributed by atoms with van der Waals surface area (Å²) < 4.78 is 5.37. The van der Waals surface area contributed by atoms with E-state index in [9.17, 15) is 9.59 Å². The predicted octanol–water partition coefficient (Wildman–Crippen LogP) is 7.16. The van der Waals surface area contributed by atoms with Crippen molar-refractivity contribution in [3.8, 4) is 34.0 Å². The fraction of sp³-hybridized carbons (Fsp3) is 0.125. The molecule has 6 aromatic rings. The molecule has 0 aliphatic carbocycles. The van der Waals surface area contributed by atoms with Crippen molar-refractivity contribution in [3.05, 3.63) is 118 Å². The summed E-state index contributed by atoms with van der Waals surface area (Å²) >= 11 is 6.81. The number of benzene rings is 4. The first kappa shape index (κ1) is 26.3. The second kappa shape index (κ2) is 11.3. The highest BCUT2D eigenvalue weighted by atomic mass is 35.5. The van der Waals surface area contributed by atoms with E-state index in [1.807, 2.05) is 66.7 Å². The van der Waals surface area contributed by atoms with Gasteiger partial charge in [0.15, 0.2) is 0 Å². The van der Waals surface area contributed by atoms with Crippen molar-refractivity contribution in [2.75, 3.05) is 0 Å². The third kappa shape index (κ3) is 5.29. The third-order valence-electron chi connectivity index (χ3n) is 6.96. The van der Waals surface area contributed by atoms with Gasteiger partial charge in [0, 0.05) is 27.3 Å². The SMILES string of the molecule is CCC[C@@H](NC(=O)c1ccc(-c2c(Cl)cccc2-c2nc3ccccc3[nH]2)c(-c2n[nH]c(=O)o2)c1)c1ccccc1. The first-order valence-electron chi connectivity index (χ1n) is 13.3. The number of H-pyrrole nitrogens is 2. The number of aromatic nitrogens is 4. The number of para-hydroxylation sites is 2. The van der Waals surface area contributed by atoms with Crippen LogP contribution >= 0.6 is 11.6 Å². The smallest absolute Gasteiger partial charge is 0.388 e. The molecule has 6 rings (SSSR count). The molecule has 204 valence electrons. The summed E-state index contributed by atoms with van der Waals surface area (Å²) in [5.41, 5.74) is 5.61. The van der Waals surface area contributed by atoms with Gasteiger partial charge in [-0.25, -0.2) is 14.9 Å². The fourth-order valence-corrected chi connectivity index (χ4v) is 5.32. The third-order valence-corrected chi connectivity index (χ3v) is 7.28. The van der Waals surface area contributed by atoms with Crippen molar-refractivity contribution in [3.63, 3.8) is 0 Å². The molecular formula is C32H26ClN5O3. The number of hydrogen-bond acceptors (Lipinski definition) is 5. The molecule has 0 aliphatic heterocycles. The number of halogens is 1. The van der Waals surface area contributed by atoms with Crippen LogP contribution in [0.1, 0.15) is 41.7 Å². The van der Waals surface area contributed by atoms with Crippen LogP contribution in [0.15, 0.2) is 100 Å². The number of fused-ring (bicyclic) bond motifs is 1. The second-order valence-corrected chi connectivity index (χ2v) is 10.1. The summed E-state index contributed by atoms with van der Waals surface area (Å²) in [7, 11) is 0. The number of hydrogen-bond donors (Lipinski definition) is 3. The van der Waals surface area contributed by atoms with Crippen LogP contribution in [0.3, 0.4) is 0 Å². The Labute approximate surface area is 240 Å². The molecule has 0 spiro atoms. The van der Waals surface area contributed by atoms with Gasteiger partial charge in [0.2, 0.25) is 5.89 Å². The van der Waals surface area contributed by atoms with Gasteiger partial charge in [0.1, 0.15) is 5.82 Å². The van der Waals surface area contributed by atoms with Crippen LogP contribution < -0.4 is 11.1 Å². The van der Waals surface area contributed by atoms with E-state index in [0.29, 0.717) is 33.1 Å². The van der Waals surface area contributed by atoms with Crippen LogP contribution in [0.5, 0.6) is 0 Å². The second-order valence-electron chi connectivity index (χ2n) is 9.67. The van der Waals surface area contributed by atoms with Gasteiger partial charge in [0.05, 0.1) is 17.1 Å². The Morgan fingerprint density at radius 1 is 0.951 bits per heavy atom. The summed E-state index contributed by atoms with van der Waals surface area (Å²) in [5, 5.41) is 10.0. The molecule has 3 N–H and O–H groups in total. The van der Waals surface area contributed by atoms with Crippen LogP contribution in [0.2, 0.25) is 5.02 Å². The predicted molar refractivity (Wildman–Crippen MR) is 160 cm³/mol. The Morgan fingerprint density at radius 2 is 1.76 bits per heavy atom. The Hall–Kier alpha value is -4.95. The molecule has 0 saturated carbocycles. The van der Waals surface area contributed by atoms with Crippen molar-refractivity contribution in [1.82, 2.24) is 25.5 Å². The lowest BCUT2D eigenvalue weighted by Gasteiger charge is -2.19. The van der Waals surface area contributed by atoms with Gasteiger partial charge in [-0.05, 0) is 47.9 Å². The maximum absolute atomic E-state index is 13.5. The van der Waals surface area contributed by atoms with Crippen molar-refractivity contribution < 1.29 is 9.21 Å². The van der Waals surface area contributed by atoms with Crippen molar-refractivity contribution in [1.29, 1.82) is 0 Å². The maximum Gasteiger partial charge on any atom is 0.434 e. The molecule has 8 nitrogen and oxygen atoms in total. The first-order chi connectivity index (χ1) is 20.0. The van der Waals surface area contributed by atoms with Gasteiger partial charge in [-0.15, -0.1) is 5.10 Å². The molecule has 2 aromatic heterocycles. The number of nitrogens with zero attached hydrogens (tertiary/aromatic N) is 2. The summed E-state index contributed by atoms with van der Waals surface area (Å²) in [6.45, 7) is 2.08. The number of nitrogens with one attached hydrogen (secondary N) is 3. The topological polar surface area (TPSA) is 117 Å². The molecule has 0 aliphatic rings. The van der Waals surface area contributed by atoms with Gasteiger partial charge in [-0.3, -0.25) is 4.79 Å². The highest BCUT2D eigenvalue weighted by molar-refractivity contribution is 6.34. The normalized spacial score (nSPS) is 12.0. The molecule has 1 atom stereocenters. The zero-order chi connectivity index (χ0) is 28.3. The molecule has 0 radical (unpaired) electrons. The molecular weight excluding hydrogens is 538 g/mol. The minimum atomic E-state index is -0.704. The van der Waals surface area contributed by atoms with Crippen LogP contribution in [-0.4, -0.2) is 26.1 Å². The monoisotopic (exact) mass is 563 g/mol. The van der Waals surface area contributed by atoms with Gasteiger partial charge in [-0.2, -0.15) is 0 Å². The zero-order valence-electron chi connectivity index (χ0n) is 22.1. The number of amides is 1. The van der Waals surface area contributed by atoms with Crippen LogP contribution in [0.25, 0.3) is 45.0 Å². The van der Waals surface area contributed by atoms with Gasteiger partial charge in [0.25, 0.3) is 5.91 Å². The Kier molecular flexibility index (Phi) is 7.22. The quantitative estimate of drug-likeness (QED) is 0.181.